The van der Waals surface area contributed by atoms with Gasteiger partial charge in [-0.15, -0.1) is 0 Å². The van der Waals surface area contributed by atoms with Gasteiger partial charge in [-0.3, -0.25) is 4.79 Å². The van der Waals surface area contributed by atoms with Gasteiger partial charge in [0.05, 0.1) is 23.3 Å². The highest BCUT2D eigenvalue weighted by Gasteiger charge is 2.11. The molecule has 3 rings (SSSR count). The van der Waals surface area contributed by atoms with Crippen LogP contribution in [0.25, 0.3) is 5.69 Å². The molecule has 0 saturated heterocycles. The van der Waals surface area contributed by atoms with Crippen molar-refractivity contribution in [1.82, 2.24) is 15.2 Å². The molecule has 6 nitrogen and oxygen atoms in total. The monoisotopic (exact) mass is 334 g/mol. The molecule has 0 unspecified atom stereocenters. The molecule has 126 valence electrons. The molecule has 0 saturated carbocycles. The summed E-state index contributed by atoms with van der Waals surface area (Å²) in [4.78, 5) is 12.0. The van der Waals surface area contributed by atoms with E-state index >= 15 is 0 Å². The van der Waals surface area contributed by atoms with E-state index in [0.717, 1.165) is 22.6 Å². The fourth-order valence-corrected chi connectivity index (χ4v) is 2.53. The topological polar surface area (TPSA) is 79.5 Å². The number of rotatable bonds is 4. The number of aromatic nitrogens is 2. The SMILES string of the molecule is Cc1nn(-c2ccccc2)c(C)c1/C=N/NC(=O)c1cccc(O)c1. The Kier molecular flexibility index (Phi) is 4.61. The van der Waals surface area contributed by atoms with E-state index in [9.17, 15) is 9.90 Å². The van der Waals surface area contributed by atoms with Crippen molar-refractivity contribution in [2.24, 2.45) is 5.10 Å². The standard InChI is InChI=1S/C19H18N4O2/c1-13-18(14(2)23(22-13)16-8-4-3-5-9-16)12-20-21-19(25)15-7-6-10-17(24)11-15/h3-12,24H,1-2H3,(H,21,25)/b20-12+. The maximum absolute atomic E-state index is 12.0. The maximum Gasteiger partial charge on any atom is 0.271 e. The number of phenolic OH excluding ortho intramolecular Hbond substituents is 1. The number of hydrazone groups is 1. The van der Waals surface area contributed by atoms with Crippen molar-refractivity contribution in [3.8, 4) is 11.4 Å². The van der Waals surface area contributed by atoms with Gasteiger partial charge in [-0.1, -0.05) is 24.3 Å². The zero-order valence-corrected chi connectivity index (χ0v) is 14.0. The third-order valence-electron chi connectivity index (χ3n) is 3.82. The zero-order chi connectivity index (χ0) is 17.8. The fraction of sp³-hybridized carbons (Fsp3) is 0.105. The molecular formula is C19H18N4O2. The van der Waals surface area contributed by atoms with Crippen molar-refractivity contribution < 1.29 is 9.90 Å². The zero-order valence-electron chi connectivity index (χ0n) is 14.0. The van der Waals surface area contributed by atoms with Crippen molar-refractivity contribution in [2.75, 3.05) is 0 Å². The molecule has 1 amide bonds. The number of nitrogens with zero attached hydrogens (tertiary/aromatic N) is 3. The Bertz CT molecular complexity index is 930. The van der Waals surface area contributed by atoms with Crippen LogP contribution in [0, 0.1) is 13.8 Å². The largest absolute Gasteiger partial charge is 0.508 e. The van der Waals surface area contributed by atoms with Gasteiger partial charge in [0.15, 0.2) is 0 Å². The number of carbonyl (C=O) groups is 1. The fourth-order valence-electron chi connectivity index (χ4n) is 2.53. The minimum absolute atomic E-state index is 0.0347. The van der Waals surface area contributed by atoms with E-state index in [1.165, 1.54) is 12.1 Å². The molecule has 0 atom stereocenters. The average molecular weight is 334 g/mol. The molecule has 6 heteroatoms. The predicted octanol–water partition coefficient (Wildman–Crippen LogP) is 2.96. The second-order valence-corrected chi connectivity index (χ2v) is 5.58. The predicted molar refractivity (Wildman–Crippen MR) is 96.2 cm³/mol. The van der Waals surface area contributed by atoms with Gasteiger partial charge in [0.1, 0.15) is 5.75 Å². The number of phenols is 1. The third-order valence-corrected chi connectivity index (χ3v) is 3.82. The number of aromatic hydroxyl groups is 1. The van der Waals surface area contributed by atoms with Crippen LogP contribution < -0.4 is 5.43 Å². The summed E-state index contributed by atoms with van der Waals surface area (Å²) in [6, 6.07) is 15.9. The van der Waals surface area contributed by atoms with Crippen LogP contribution in [0.5, 0.6) is 5.75 Å². The highest BCUT2D eigenvalue weighted by molar-refractivity contribution is 5.95. The number of para-hydroxylation sites is 1. The lowest BCUT2D eigenvalue weighted by atomic mass is 10.2. The van der Waals surface area contributed by atoms with Crippen molar-refractivity contribution in [3.63, 3.8) is 0 Å². The summed E-state index contributed by atoms with van der Waals surface area (Å²) in [6.45, 7) is 3.84. The molecular weight excluding hydrogens is 316 g/mol. The molecule has 0 aliphatic carbocycles. The first-order chi connectivity index (χ1) is 12.1. The van der Waals surface area contributed by atoms with E-state index < -0.39 is 5.91 Å². The lowest BCUT2D eigenvalue weighted by Crippen LogP contribution is -2.17. The van der Waals surface area contributed by atoms with Crippen LogP contribution in [-0.4, -0.2) is 27.0 Å². The van der Waals surface area contributed by atoms with Crippen LogP contribution in [0.3, 0.4) is 0 Å². The van der Waals surface area contributed by atoms with Gasteiger partial charge >= 0.3 is 0 Å². The molecule has 0 spiro atoms. The Morgan fingerprint density at radius 2 is 1.92 bits per heavy atom. The molecule has 2 N–H and O–H groups in total. The average Bonchev–Trinajstić information content (AvgIpc) is 2.90. The molecule has 0 fully saturated rings. The van der Waals surface area contributed by atoms with Gasteiger partial charge in [0.25, 0.3) is 5.91 Å². The van der Waals surface area contributed by atoms with Crippen molar-refractivity contribution in [3.05, 3.63) is 77.1 Å². The van der Waals surface area contributed by atoms with Gasteiger partial charge < -0.3 is 5.11 Å². The van der Waals surface area contributed by atoms with Crippen LogP contribution in [0.1, 0.15) is 27.3 Å². The quantitative estimate of drug-likeness (QED) is 0.569. The summed E-state index contributed by atoms with van der Waals surface area (Å²) in [6.07, 6.45) is 1.58. The number of nitrogens with one attached hydrogen (secondary N) is 1. The Hall–Kier alpha value is -3.41. The molecule has 0 aliphatic rings. The minimum Gasteiger partial charge on any atom is -0.508 e. The van der Waals surface area contributed by atoms with Crippen LogP contribution in [0.15, 0.2) is 59.7 Å². The highest BCUT2D eigenvalue weighted by atomic mass is 16.3. The van der Waals surface area contributed by atoms with Gasteiger partial charge in [-0.05, 0) is 44.2 Å². The molecule has 25 heavy (non-hydrogen) atoms. The Labute approximate surface area is 145 Å². The van der Waals surface area contributed by atoms with Crippen molar-refractivity contribution in [1.29, 1.82) is 0 Å². The van der Waals surface area contributed by atoms with E-state index in [1.54, 1.807) is 18.3 Å². The van der Waals surface area contributed by atoms with Crippen molar-refractivity contribution >= 4 is 12.1 Å². The number of hydrogen-bond donors (Lipinski definition) is 2. The summed E-state index contributed by atoms with van der Waals surface area (Å²) < 4.78 is 1.84. The Morgan fingerprint density at radius 3 is 2.64 bits per heavy atom. The maximum atomic E-state index is 12.0. The lowest BCUT2D eigenvalue weighted by Gasteiger charge is -2.03. The molecule has 3 aromatic rings. The third kappa shape index (κ3) is 3.58. The minimum atomic E-state index is -0.391. The number of carbonyl (C=O) groups excluding carboxylic acids is 1. The first kappa shape index (κ1) is 16.4. The number of aryl methyl sites for hydroxylation is 1. The van der Waals surface area contributed by atoms with Gasteiger partial charge in [-0.25, -0.2) is 10.1 Å². The van der Waals surface area contributed by atoms with E-state index in [4.69, 9.17) is 0 Å². The summed E-state index contributed by atoms with van der Waals surface area (Å²) >= 11 is 0. The van der Waals surface area contributed by atoms with E-state index in [0.29, 0.717) is 5.56 Å². The first-order valence-electron chi connectivity index (χ1n) is 7.80. The van der Waals surface area contributed by atoms with Gasteiger partial charge in [-0.2, -0.15) is 10.2 Å². The smallest absolute Gasteiger partial charge is 0.271 e. The number of benzene rings is 2. The first-order valence-corrected chi connectivity index (χ1v) is 7.80. The molecule has 0 bridgehead atoms. The molecule has 1 aromatic heterocycles. The second kappa shape index (κ2) is 7.00. The summed E-state index contributed by atoms with van der Waals surface area (Å²) in [5.41, 5.74) is 6.36. The summed E-state index contributed by atoms with van der Waals surface area (Å²) in [5.74, 6) is -0.356. The lowest BCUT2D eigenvalue weighted by molar-refractivity contribution is 0.0954. The van der Waals surface area contributed by atoms with Crippen LogP contribution >= 0.6 is 0 Å². The number of hydrogen-bond acceptors (Lipinski definition) is 4. The Morgan fingerprint density at radius 1 is 1.16 bits per heavy atom. The van der Waals surface area contributed by atoms with Crippen molar-refractivity contribution in [2.45, 2.75) is 13.8 Å². The highest BCUT2D eigenvalue weighted by Crippen LogP contribution is 2.16. The second-order valence-electron chi connectivity index (χ2n) is 5.58. The summed E-state index contributed by atoms with van der Waals surface area (Å²) in [5, 5.41) is 18.0. The van der Waals surface area contributed by atoms with Crippen LogP contribution in [0.2, 0.25) is 0 Å². The van der Waals surface area contributed by atoms with E-state index in [-0.39, 0.29) is 5.75 Å². The number of amides is 1. The Balaban J connectivity index is 1.78. The molecule has 0 aliphatic heterocycles. The normalized spacial score (nSPS) is 11.0. The van der Waals surface area contributed by atoms with Gasteiger partial charge in [0, 0.05) is 11.1 Å². The summed E-state index contributed by atoms with van der Waals surface area (Å²) in [7, 11) is 0. The van der Waals surface area contributed by atoms with Crippen LogP contribution in [0.4, 0.5) is 0 Å². The molecule has 1 heterocycles. The molecule has 2 aromatic carbocycles. The molecule has 0 radical (unpaired) electrons. The van der Waals surface area contributed by atoms with E-state index in [2.05, 4.69) is 15.6 Å². The van der Waals surface area contributed by atoms with Gasteiger partial charge in [0.2, 0.25) is 0 Å². The van der Waals surface area contributed by atoms with Crippen LogP contribution in [-0.2, 0) is 0 Å². The van der Waals surface area contributed by atoms with E-state index in [1.807, 2.05) is 48.9 Å².